The van der Waals surface area contributed by atoms with E-state index in [1.807, 2.05) is 0 Å². The van der Waals surface area contributed by atoms with Crippen LogP contribution in [0.25, 0.3) is 0 Å². The predicted octanol–water partition coefficient (Wildman–Crippen LogP) is 6.55. The van der Waals surface area contributed by atoms with Gasteiger partial charge in [0.2, 0.25) is 0 Å². The van der Waals surface area contributed by atoms with E-state index in [1.54, 1.807) is 43.3 Å². The number of aryl methyl sites for hydroxylation is 1. The normalized spacial score (nSPS) is 12.9. The van der Waals surface area contributed by atoms with Crippen molar-refractivity contribution in [3.8, 4) is 5.75 Å². The van der Waals surface area contributed by atoms with Crippen LogP contribution in [0.1, 0.15) is 33.0 Å². The second-order valence-corrected chi connectivity index (χ2v) is 9.25. The molecule has 0 saturated heterocycles. The number of hydrogen-bond acceptors (Lipinski definition) is 4. The molecule has 1 unspecified atom stereocenters. The molecule has 32 heavy (non-hydrogen) atoms. The van der Waals surface area contributed by atoms with Crippen LogP contribution < -0.4 is 4.18 Å². The quantitative estimate of drug-likeness (QED) is 0.218. The predicted molar refractivity (Wildman–Crippen MR) is 116 cm³/mol. The molecule has 0 N–H and O–H groups in total. The molecule has 4 nitrogen and oxygen atoms in total. The molecule has 3 rings (SSSR count). The van der Waals surface area contributed by atoms with Gasteiger partial charge in [0.1, 0.15) is 5.75 Å². The monoisotopic (exact) mass is 502 g/mol. The van der Waals surface area contributed by atoms with Gasteiger partial charge in [-0.05, 0) is 53.9 Å². The van der Waals surface area contributed by atoms with Crippen LogP contribution in [0, 0.1) is 6.92 Å². The minimum atomic E-state index is -5.81. The highest BCUT2D eigenvalue weighted by atomic mass is 35.5. The molecular weight excluding hydrogens is 488 g/mol. The van der Waals surface area contributed by atoms with Gasteiger partial charge in [-0.2, -0.15) is 21.6 Å². The number of carbonyl (C=O) groups is 1. The lowest BCUT2D eigenvalue weighted by molar-refractivity contribution is -0.0500. The molecule has 0 bridgehead atoms. The Balaban J connectivity index is 2.01. The fourth-order valence-electron chi connectivity index (χ4n) is 2.95. The molecule has 0 spiro atoms. The van der Waals surface area contributed by atoms with Crippen LogP contribution in [0.3, 0.4) is 0 Å². The van der Waals surface area contributed by atoms with Crippen LogP contribution in [0.15, 0.2) is 66.7 Å². The third kappa shape index (κ3) is 5.26. The Bertz CT molecular complexity index is 1240. The number of hydrogen-bond donors (Lipinski definition) is 0. The average Bonchev–Trinajstić information content (AvgIpc) is 2.71. The van der Waals surface area contributed by atoms with Crippen molar-refractivity contribution in [1.29, 1.82) is 0 Å². The van der Waals surface area contributed by atoms with Crippen molar-refractivity contribution in [2.75, 3.05) is 0 Å². The number of rotatable bonds is 6. The minimum absolute atomic E-state index is 0.314. The maximum absolute atomic E-state index is 13.4. The average molecular weight is 503 g/mol. The first-order valence-electron chi connectivity index (χ1n) is 9.05. The summed E-state index contributed by atoms with van der Waals surface area (Å²) in [7, 11) is -5.81. The van der Waals surface area contributed by atoms with Gasteiger partial charge in [-0.3, -0.25) is 4.79 Å². The number of halogens is 5. The Hall–Kier alpha value is -2.55. The molecule has 0 fully saturated rings. The highest BCUT2D eigenvalue weighted by molar-refractivity contribution is 7.88. The Morgan fingerprint density at radius 1 is 0.906 bits per heavy atom. The lowest BCUT2D eigenvalue weighted by Crippen LogP contribution is -2.28. The molecule has 3 aromatic rings. The van der Waals surface area contributed by atoms with E-state index < -0.39 is 27.3 Å². The lowest BCUT2D eigenvalue weighted by atomic mass is 9.84. The van der Waals surface area contributed by atoms with Crippen molar-refractivity contribution in [2.45, 2.75) is 18.3 Å². The third-order valence-electron chi connectivity index (χ3n) is 4.62. The first kappa shape index (κ1) is 24.1. The van der Waals surface area contributed by atoms with Gasteiger partial charge in [-0.1, -0.05) is 59.6 Å². The molecule has 0 aliphatic heterocycles. The molecule has 0 aromatic heterocycles. The smallest absolute Gasteiger partial charge is 0.376 e. The fourth-order valence-corrected chi connectivity index (χ4v) is 3.72. The SMILES string of the molecule is Cc1ccc(C(=O)C(c2ccc(Cl)cc2)c2ccc(OS(=O)(=O)C(F)(F)F)cc2)cc1Cl. The first-order valence-corrected chi connectivity index (χ1v) is 11.2. The van der Waals surface area contributed by atoms with Crippen molar-refractivity contribution in [2.24, 2.45) is 0 Å². The Morgan fingerprint density at radius 2 is 1.44 bits per heavy atom. The summed E-state index contributed by atoms with van der Waals surface area (Å²) in [5.74, 6) is -1.70. The molecule has 0 saturated carbocycles. The van der Waals surface area contributed by atoms with E-state index in [0.29, 0.717) is 26.7 Å². The number of ketones is 1. The van der Waals surface area contributed by atoms with E-state index >= 15 is 0 Å². The molecule has 10 heteroatoms. The topological polar surface area (TPSA) is 60.4 Å². The van der Waals surface area contributed by atoms with E-state index in [2.05, 4.69) is 4.18 Å². The summed E-state index contributed by atoms with van der Waals surface area (Å²) < 4.78 is 64.2. The van der Waals surface area contributed by atoms with Gasteiger partial charge in [-0.15, -0.1) is 0 Å². The Kier molecular flexibility index (Phi) is 6.88. The van der Waals surface area contributed by atoms with Crippen molar-refractivity contribution in [3.05, 3.63) is 99.0 Å². The maximum atomic E-state index is 13.4. The van der Waals surface area contributed by atoms with Gasteiger partial charge in [0.15, 0.2) is 5.78 Å². The van der Waals surface area contributed by atoms with Crippen molar-refractivity contribution in [3.63, 3.8) is 0 Å². The van der Waals surface area contributed by atoms with Gasteiger partial charge in [-0.25, -0.2) is 0 Å². The largest absolute Gasteiger partial charge is 0.534 e. The van der Waals surface area contributed by atoms with Crippen molar-refractivity contribution < 1.29 is 30.6 Å². The van der Waals surface area contributed by atoms with Crippen molar-refractivity contribution >= 4 is 39.1 Å². The summed E-state index contributed by atoms with van der Waals surface area (Å²) in [4.78, 5) is 13.4. The Labute approximate surface area is 192 Å². The fraction of sp³-hybridized carbons (Fsp3) is 0.136. The lowest BCUT2D eigenvalue weighted by Gasteiger charge is -2.18. The number of Topliss-reactive ketones (excluding diaryl/α,β-unsaturated/α-hetero) is 1. The summed E-state index contributed by atoms with van der Waals surface area (Å²) in [6, 6.07) is 16.1. The number of benzene rings is 3. The zero-order valence-electron chi connectivity index (χ0n) is 16.4. The van der Waals surface area contributed by atoms with Crippen molar-refractivity contribution in [1.82, 2.24) is 0 Å². The summed E-state index contributed by atoms with van der Waals surface area (Å²) in [5, 5.41) is 0.867. The van der Waals surface area contributed by atoms with E-state index in [1.165, 1.54) is 18.2 Å². The number of carbonyl (C=O) groups excluding carboxylic acids is 1. The highest BCUT2D eigenvalue weighted by Crippen LogP contribution is 2.33. The summed E-state index contributed by atoms with van der Waals surface area (Å²) in [6.07, 6.45) is 0. The molecular formula is C22H15Cl2F3O4S. The van der Waals surface area contributed by atoms with Gasteiger partial charge >= 0.3 is 15.6 Å². The molecule has 168 valence electrons. The van der Waals surface area contributed by atoms with Crippen LogP contribution in [0.5, 0.6) is 5.75 Å². The van der Waals surface area contributed by atoms with Gasteiger partial charge in [0.25, 0.3) is 0 Å². The van der Waals surface area contributed by atoms with E-state index in [0.717, 1.165) is 17.7 Å². The van der Waals surface area contributed by atoms with Gasteiger partial charge in [0.05, 0.1) is 5.92 Å². The summed E-state index contributed by atoms with van der Waals surface area (Å²) in [5.41, 5.74) is -3.45. The first-order chi connectivity index (χ1) is 14.9. The van der Waals surface area contributed by atoms with E-state index in [9.17, 15) is 26.4 Å². The van der Waals surface area contributed by atoms with Crippen LogP contribution in [0.2, 0.25) is 10.0 Å². The maximum Gasteiger partial charge on any atom is 0.534 e. The van der Waals surface area contributed by atoms with Gasteiger partial charge < -0.3 is 4.18 Å². The molecule has 0 radical (unpaired) electrons. The molecule has 3 aromatic carbocycles. The van der Waals surface area contributed by atoms with Gasteiger partial charge in [0, 0.05) is 15.6 Å². The van der Waals surface area contributed by atoms with Crippen LogP contribution in [-0.2, 0) is 10.1 Å². The zero-order valence-corrected chi connectivity index (χ0v) is 18.7. The van der Waals surface area contributed by atoms with Crippen LogP contribution in [-0.4, -0.2) is 19.7 Å². The zero-order chi connectivity index (χ0) is 23.7. The third-order valence-corrected chi connectivity index (χ3v) is 6.26. The molecule has 0 amide bonds. The highest BCUT2D eigenvalue weighted by Gasteiger charge is 2.48. The molecule has 1 atom stereocenters. The summed E-state index contributed by atoms with van der Waals surface area (Å²) >= 11 is 12.1. The molecule has 0 aliphatic rings. The second-order valence-electron chi connectivity index (χ2n) is 6.87. The number of alkyl halides is 3. The van der Waals surface area contributed by atoms with Crippen LogP contribution in [0.4, 0.5) is 13.2 Å². The summed E-state index contributed by atoms with van der Waals surface area (Å²) in [6.45, 7) is 1.79. The van der Waals surface area contributed by atoms with Crippen LogP contribution >= 0.6 is 23.2 Å². The van der Waals surface area contributed by atoms with E-state index in [4.69, 9.17) is 23.2 Å². The Morgan fingerprint density at radius 3 is 1.94 bits per heavy atom. The minimum Gasteiger partial charge on any atom is -0.376 e. The molecule has 0 aliphatic carbocycles. The molecule has 0 heterocycles. The standard InChI is InChI=1S/C22H15Cl2F3O4S/c1-13-2-3-16(12-19(13)24)21(28)20(14-4-8-17(23)9-5-14)15-6-10-18(11-7-15)31-32(29,30)22(25,26)27/h2-12,20H,1H3. The van der Waals surface area contributed by atoms with E-state index in [-0.39, 0.29) is 5.78 Å². The second kappa shape index (κ2) is 9.13.